The van der Waals surface area contributed by atoms with Crippen molar-refractivity contribution in [3.8, 4) is 0 Å². The maximum atomic E-state index is 12.7. The molecule has 1 amide bonds. The zero-order valence-electron chi connectivity index (χ0n) is 12.3. The number of rotatable bonds is 4. The first kappa shape index (κ1) is 13.7. The van der Waals surface area contributed by atoms with Crippen LogP contribution in [0.15, 0.2) is 0 Å². The van der Waals surface area contributed by atoms with E-state index in [1.54, 1.807) is 0 Å². The van der Waals surface area contributed by atoms with E-state index in [9.17, 15) is 4.79 Å². The Hall–Kier alpha value is -0.220. The average Bonchev–Trinajstić information content (AvgIpc) is 2.91. The van der Waals surface area contributed by atoms with Crippen molar-refractivity contribution in [3.05, 3.63) is 0 Å². The van der Waals surface area contributed by atoms with Crippen LogP contribution in [0.2, 0.25) is 0 Å². The second-order valence-corrected chi connectivity index (χ2v) is 8.25. The highest BCUT2D eigenvalue weighted by atomic mass is 32.2. The first-order chi connectivity index (χ1) is 9.07. The van der Waals surface area contributed by atoms with Crippen LogP contribution in [-0.4, -0.2) is 39.6 Å². The number of thioether (sulfide) groups is 1. The standard InChI is InChI=1S/C15H26N2OS/c1-4-19-12-6-5-11(9-12)17-13(10(2)3)16-15(7-8-15)14(17)18/h10-13,16H,4-9H2,1-3H3. The smallest absolute Gasteiger partial charge is 0.244 e. The molecule has 3 unspecified atom stereocenters. The Bertz CT molecular complexity index is 367. The molecule has 1 spiro atoms. The van der Waals surface area contributed by atoms with Gasteiger partial charge in [-0.05, 0) is 43.8 Å². The third kappa shape index (κ3) is 2.31. The first-order valence-electron chi connectivity index (χ1n) is 7.79. The number of carbonyl (C=O) groups excluding carboxylic acids is 1. The SMILES string of the molecule is CCSC1CCC(N2C(=O)C3(CC3)NC2C(C)C)C1. The van der Waals surface area contributed by atoms with Crippen LogP contribution in [0, 0.1) is 5.92 Å². The zero-order chi connectivity index (χ0) is 13.6. The maximum absolute atomic E-state index is 12.7. The summed E-state index contributed by atoms with van der Waals surface area (Å²) in [7, 11) is 0. The van der Waals surface area contributed by atoms with Crippen molar-refractivity contribution in [2.24, 2.45) is 5.92 Å². The van der Waals surface area contributed by atoms with Crippen LogP contribution in [0.1, 0.15) is 52.9 Å². The summed E-state index contributed by atoms with van der Waals surface area (Å²) >= 11 is 2.07. The van der Waals surface area contributed by atoms with E-state index in [0.29, 0.717) is 17.9 Å². The largest absolute Gasteiger partial charge is 0.322 e. The van der Waals surface area contributed by atoms with Crippen LogP contribution < -0.4 is 5.32 Å². The van der Waals surface area contributed by atoms with Gasteiger partial charge in [0, 0.05) is 11.3 Å². The summed E-state index contributed by atoms with van der Waals surface area (Å²) in [5.74, 6) is 2.10. The number of nitrogens with one attached hydrogen (secondary N) is 1. The van der Waals surface area contributed by atoms with Crippen LogP contribution in [0.3, 0.4) is 0 Å². The Balaban J connectivity index is 1.73. The molecular formula is C15H26N2OS. The summed E-state index contributed by atoms with van der Waals surface area (Å²) in [5.41, 5.74) is -0.148. The molecule has 2 aliphatic carbocycles. The van der Waals surface area contributed by atoms with Gasteiger partial charge in [-0.25, -0.2) is 0 Å². The van der Waals surface area contributed by atoms with Crippen molar-refractivity contribution in [1.82, 2.24) is 10.2 Å². The van der Waals surface area contributed by atoms with Crippen molar-refractivity contribution in [2.75, 3.05) is 5.75 Å². The number of hydrogen-bond donors (Lipinski definition) is 1. The van der Waals surface area contributed by atoms with E-state index >= 15 is 0 Å². The third-order valence-corrected chi connectivity index (χ3v) is 6.13. The maximum Gasteiger partial charge on any atom is 0.244 e. The highest BCUT2D eigenvalue weighted by Gasteiger charge is 2.61. The van der Waals surface area contributed by atoms with Gasteiger partial charge in [0.1, 0.15) is 0 Å². The zero-order valence-corrected chi connectivity index (χ0v) is 13.1. The molecule has 3 rings (SSSR count). The van der Waals surface area contributed by atoms with Gasteiger partial charge in [-0.1, -0.05) is 20.8 Å². The second kappa shape index (κ2) is 4.96. The number of nitrogens with zero attached hydrogens (tertiary/aromatic N) is 1. The molecule has 1 aliphatic heterocycles. The molecule has 2 saturated carbocycles. The molecule has 0 bridgehead atoms. The summed E-state index contributed by atoms with van der Waals surface area (Å²) in [5, 5.41) is 4.40. The van der Waals surface area contributed by atoms with Crippen molar-refractivity contribution in [3.63, 3.8) is 0 Å². The molecule has 108 valence electrons. The highest BCUT2D eigenvalue weighted by Crippen LogP contribution is 2.46. The first-order valence-corrected chi connectivity index (χ1v) is 8.84. The normalized spacial score (nSPS) is 36.7. The lowest BCUT2D eigenvalue weighted by atomic mass is 10.1. The molecule has 0 aromatic heterocycles. The van der Waals surface area contributed by atoms with E-state index in [1.807, 2.05) is 0 Å². The van der Waals surface area contributed by atoms with Gasteiger partial charge < -0.3 is 4.90 Å². The van der Waals surface area contributed by atoms with Crippen molar-refractivity contribution in [2.45, 2.75) is 75.9 Å². The van der Waals surface area contributed by atoms with Crippen LogP contribution in [0.4, 0.5) is 0 Å². The third-order valence-electron chi connectivity index (χ3n) is 4.90. The molecule has 4 heteroatoms. The van der Waals surface area contributed by atoms with Crippen molar-refractivity contribution in [1.29, 1.82) is 0 Å². The minimum absolute atomic E-state index is 0.148. The Morgan fingerprint density at radius 1 is 1.42 bits per heavy atom. The monoisotopic (exact) mass is 282 g/mol. The summed E-state index contributed by atoms with van der Waals surface area (Å²) in [6.07, 6.45) is 6.04. The molecule has 0 aromatic rings. The molecule has 1 heterocycles. The van der Waals surface area contributed by atoms with E-state index in [-0.39, 0.29) is 11.7 Å². The Labute approximate surface area is 120 Å². The number of carbonyl (C=O) groups is 1. The molecule has 3 atom stereocenters. The van der Waals surface area contributed by atoms with Crippen LogP contribution in [0.5, 0.6) is 0 Å². The topological polar surface area (TPSA) is 32.3 Å². The van der Waals surface area contributed by atoms with Crippen LogP contribution in [0.25, 0.3) is 0 Å². The Kier molecular flexibility index (Phi) is 3.59. The van der Waals surface area contributed by atoms with E-state index in [4.69, 9.17) is 0 Å². The lowest BCUT2D eigenvalue weighted by molar-refractivity contribution is -0.133. The minimum Gasteiger partial charge on any atom is -0.322 e. The Morgan fingerprint density at radius 2 is 2.16 bits per heavy atom. The highest BCUT2D eigenvalue weighted by molar-refractivity contribution is 7.99. The summed E-state index contributed by atoms with van der Waals surface area (Å²) in [6, 6.07) is 0.483. The van der Waals surface area contributed by atoms with E-state index < -0.39 is 0 Å². The van der Waals surface area contributed by atoms with E-state index in [2.05, 4.69) is 42.7 Å². The molecular weight excluding hydrogens is 256 g/mol. The van der Waals surface area contributed by atoms with Gasteiger partial charge in [-0.3, -0.25) is 10.1 Å². The molecule has 0 aromatic carbocycles. The fourth-order valence-electron chi connectivity index (χ4n) is 3.71. The van der Waals surface area contributed by atoms with Crippen LogP contribution >= 0.6 is 11.8 Å². The van der Waals surface area contributed by atoms with Gasteiger partial charge >= 0.3 is 0 Å². The molecule has 3 fully saturated rings. The summed E-state index contributed by atoms with van der Waals surface area (Å²) < 4.78 is 0. The predicted octanol–water partition coefficient (Wildman–Crippen LogP) is 2.61. The fourth-order valence-corrected chi connectivity index (χ4v) is 4.84. The lowest BCUT2D eigenvalue weighted by Crippen LogP contribution is -2.46. The van der Waals surface area contributed by atoms with Gasteiger partial charge in [0.25, 0.3) is 0 Å². The predicted molar refractivity (Wildman–Crippen MR) is 80.1 cm³/mol. The van der Waals surface area contributed by atoms with Gasteiger partial charge in [-0.15, -0.1) is 0 Å². The molecule has 0 radical (unpaired) electrons. The second-order valence-electron chi connectivity index (χ2n) is 6.67. The molecule has 19 heavy (non-hydrogen) atoms. The van der Waals surface area contributed by atoms with E-state index in [1.165, 1.54) is 25.0 Å². The van der Waals surface area contributed by atoms with Crippen LogP contribution in [-0.2, 0) is 4.79 Å². The quantitative estimate of drug-likeness (QED) is 0.860. The molecule has 3 nitrogen and oxygen atoms in total. The van der Waals surface area contributed by atoms with Gasteiger partial charge in [0.2, 0.25) is 5.91 Å². The Morgan fingerprint density at radius 3 is 2.74 bits per heavy atom. The lowest BCUT2D eigenvalue weighted by Gasteiger charge is -2.32. The number of hydrogen-bond acceptors (Lipinski definition) is 3. The van der Waals surface area contributed by atoms with Crippen molar-refractivity contribution < 1.29 is 4.79 Å². The molecule has 3 aliphatic rings. The van der Waals surface area contributed by atoms with Gasteiger partial charge in [-0.2, -0.15) is 11.8 Å². The van der Waals surface area contributed by atoms with Crippen molar-refractivity contribution >= 4 is 17.7 Å². The fraction of sp³-hybridized carbons (Fsp3) is 0.933. The van der Waals surface area contributed by atoms with E-state index in [0.717, 1.165) is 18.1 Å². The summed E-state index contributed by atoms with van der Waals surface area (Å²) in [4.78, 5) is 14.9. The number of amides is 1. The van der Waals surface area contributed by atoms with Gasteiger partial charge in [0.05, 0.1) is 11.7 Å². The molecule has 1 N–H and O–H groups in total. The molecule has 1 saturated heterocycles. The minimum atomic E-state index is -0.148. The average molecular weight is 282 g/mol. The summed E-state index contributed by atoms with van der Waals surface area (Å²) in [6.45, 7) is 6.69. The van der Waals surface area contributed by atoms with Gasteiger partial charge in [0.15, 0.2) is 0 Å².